The molecule has 2 rings (SSSR count). The van der Waals surface area contributed by atoms with E-state index < -0.39 is 0 Å². The summed E-state index contributed by atoms with van der Waals surface area (Å²) in [6, 6.07) is 5.59. The second-order valence-electron chi connectivity index (χ2n) is 5.62. The molecule has 110 valence electrons. The van der Waals surface area contributed by atoms with Gasteiger partial charge in [0, 0.05) is 19.6 Å². The number of nitrogens with zero attached hydrogens (tertiary/aromatic N) is 2. The molecule has 4 nitrogen and oxygen atoms in total. The van der Waals surface area contributed by atoms with Gasteiger partial charge < -0.3 is 10.2 Å². The first kappa shape index (κ1) is 14.8. The Hall–Kier alpha value is -1.58. The van der Waals surface area contributed by atoms with E-state index in [-0.39, 0.29) is 5.91 Å². The highest BCUT2D eigenvalue weighted by Crippen LogP contribution is 2.37. The SMILES string of the molecule is CCNc1cccc(C(=O)N2CCC(CC)(CC)C2)n1. The van der Waals surface area contributed by atoms with Crippen molar-refractivity contribution in [3.63, 3.8) is 0 Å². The van der Waals surface area contributed by atoms with Gasteiger partial charge >= 0.3 is 0 Å². The van der Waals surface area contributed by atoms with Crippen molar-refractivity contribution in [2.75, 3.05) is 25.0 Å². The van der Waals surface area contributed by atoms with Gasteiger partial charge in [0.2, 0.25) is 0 Å². The first-order valence-corrected chi connectivity index (χ1v) is 7.64. The van der Waals surface area contributed by atoms with E-state index in [4.69, 9.17) is 0 Å². The maximum absolute atomic E-state index is 12.6. The lowest BCUT2D eigenvalue weighted by Gasteiger charge is -2.26. The first-order chi connectivity index (χ1) is 9.64. The monoisotopic (exact) mass is 275 g/mol. The summed E-state index contributed by atoms with van der Waals surface area (Å²) in [7, 11) is 0. The molecule has 0 aliphatic carbocycles. The summed E-state index contributed by atoms with van der Waals surface area (Å²) in [5.74, 6) is 0.836. The van der Waals surface area contributed by atoms with E-state index in [0.717, 1.165) is 44.7 Å². The van der Waals surface area contributed by atoms with Crippen molar-refractivity contribution >= 4 is 11.7 Å². The third-order valence-corrected chi connectivity index (χ3v) is 4.55. The smallest absolute Gasteiger partial charge is 0.272 e. The highest BCUT2D eigenvalue weighted by atomic mass is 16.2. The lowest BCUT2D eigenvalue weighted by atomic mass is 9.82. The van der Waals surface area contributed by atoms with Crippen molar-refractivity contribution in [3.8, 4) is 0 Å². The van der Waals surface area contributed by atoms with Gasteiger partial charge in [-0.15, -0.1) is 0 Å². The van der Waals surface area contributed by atoms with Gasteiger partial charge in [-0.1, -0.05) is 19.9 Å². The lowest BCUT2D eigenvalue weighted by Crippen LogP contribution is -2.32. The summed E-state index contributed by atoms with van der Waals surface area (Å²) in [5, 5.41) is 3.15. The minimum atomic E-state index is 0.0635. The molecule has 0 aromatic carbocycles. The molecule has 0 atom stereocenters. The van der Waals surface area contributed by atoms with Crippen LogP contribution in [-0.4, -0.2) is 35.4 Å². The van der Waals surface area contributed by atoms with Crippen molar-refractivity contribution in [3.05, 3.63) is 23.9 Å². The number of amides is 1. The van der Waals surface area contributed by atoms with Crippen LogP contribution in [0.3, 0.4) is 0 Å². The highest BCUT2D eigenvalue weighted by molar-refractivity contribution is 5.92. The zero-order valence-corrected chi connectivity index (χ0v) is 12.8. The van der Waals surface area contributed by atoms with Gasteiger partial charge in [0.1, 0.15) is 11.5 Å². The molecule has 2 heterocycles. The highest BCUT2D eigenvalue weighted by Gasteiger charge is 2.37. The summed E-state index contributed by atoms with van der Waals surface area (Å²) in [5.41, 5.74) is 0.862. The normalized spacial score (nSPS) is 17.2. The van der Waals surface area contributed by atoms with E-state index in [9.17, 15) is 4.79 Å². The van der Waals surface area contributed by atoms with Crippen molar-refractivity contribution in [1.82, 2.24) is 9.88 Å². The number of nitrogens with one attached hydrogen (secondary N) is 1. The number of hydrogen-bond acceptors (Lipinski definition) is 3. The fourth-order valence-electron chi connectivity index (χ4n) is 2.93. The molecule has 1 fully saturated rings. The minimum Gasteiger partial charge on any atom is -0.370 e. The molecule has 20 heavy (non-hydrogen) atoms. The molecular formula is C16H25N3O. The fraction of sp³-hybridized carbons (Fsp3) is 0.625. The molecule has 0 spiro atoms. The molecule has 1 amide bonds. The summed E-state index contributed by atoms with van der Waals surface area (Å²) >= 11 is 0. The predicted molar refractivity (Wildman–Crippen MR) is 81.9 cm³/mol. The Morgan fingerprint density at radius 2 is 2.10 bits per heavy atom. The van der Waals surface area contributed by atoms with E-state index >= 15 is 0 Å². The number of likely N-dealkylation sites (tertiary alicyclic amines) is 1. The molecule has 0 bridgehead atoms. The van der Waals surface area contributed by atoms with Crippen LogP contribution in [0.15, 0.2) is 18.2 Å². The fourth-order valence-corrected chi connectivity index (χ4v) is 2.93. The van der Waals surface area contributed by atoms with Crippen molar-refractivity contribution in [2.24, 2.45) is 5.41 Å². The van der Waals surface area contributed by atoms with Crippen LogP contribution < -0.4 is 5.32 Å². The molecule has 1 saturated heterocycles. The molecule has 4 heteroatoms. The number of pyridine rings is 1. The average molecular weight is 275 g/mol. The quantitative estimate of drug-likeness (QED) is 0.897. The van der Waals surface area contributed by atoms with Crippen LogP contribution in [0.1, 0.15) is 50.5 Å². The molecule has 1 aromatic rings. The summed E-state index contributed by atoms with van der Waals surface area (Å²) in [6.45, 7) is 9.00. The molecule has 1 N–H and O–H groups in total. The van der Waals surface area contributed by atoms with Crippen LogP contribution in [0.4, 0.5) is 5.82 Å². The maximum Gasteiger partial charge on any atom is 0.272 e. The number of carbonyl (C=O) groups is 1. The van der Waals surface area contributed by atoms with E-state index in [1.165, 1.54) is 0 Å². The van der Waals surface area contributed by atoms with Crippen LogP contribution >= 0.6 is 0 Å². The molecule has 1 aliphatic rings. The Kier molecular flexibility index (Phi) is 4.63. The molecule has 0 saturated carbocycles. The van der Waals surface area contributed by atoms with Crippen molar-refractivity contribution < 1.29 is 4.79 Å². The van der Waals surface area contributed by atoms with Gasteiger partial charge in [0.05, 0.1) is 0 Å². The predicted octanol–water partition coefficient (Wildman–Crippen LogP) is 3.17. The van der Waals surface area contributed by atoms with Gasteiger partial charge in [-0.05, 0) is 43.7 Å². The van der Waals surface area contributed by atoms with Crippen molar-refractivity contribution in [1.29, 1.82) is 0 Å². The van der Waals surface area contributed by atoms with E-state index in [0.29, 0.717) is 11.1 Å². The van der Waals surface area contributed by atoms with E-state index in [2.05, 4.69) is 24.1 Å². The Bertz CT molecular complexity index is 469. The Morgan fingerprint density at radius 1 is 1.35 bits per heavy atom. The second kappa shape index (κ2) is 6.25. The van der Waals surface area contributed by atoms with Gasteiger partial charge in [-0.3, -0.25) is 4.79 Å². The maximum atomic E-state index is 12.6. The Labute approximate surface area is 121 Å². The van der Waals surface area contributed by atoms with Crippen LogP contribution in [0.25, 0.3) is 0 Å². The first-order valence-electron chi connectivity index (χ1n) is 7.64. The van der Waals surface area contributed by atoms with Crippen LogP contribution in [0, 0.1) is 5.41 Å². The number of anilines is 1. The standard InChI is InChI=1S/C16H25N3O/c1-4-16(5-2)10-11-19(12-16)15(20)13-8-7-9-14(18-13)17-6-3/h7-9H,4-6,10-12H2,1-3H3,(H,17,18). The van der Waals surface area contributed by atoms with Crippen LogP contribution in [0.2, 0.25) is 0 Å². The summed E-state index contributed by atoms with van der Waals surface area (Å²) in [6.07, 6.45) is 3.38. The molecule has 1 aromatic heterocycles. The van der Waals surface area contributed by atoms with Crippen LogP contribution in [0.5, 0.6) is 0 Å². The number of hydrogen-bond donors (Lipinski definition) is 1. The molecule has 0 radical (unpaired) electrons. The number of carbonyl (C=O) groups excluding carboxylic acids is 1. The topological polar surface area (TPSA) is 45.2 Å². The van der Waals surface area contributed by atoms with E-state index in [1.807, 2.05) is 24.0 Å². The number of aromatic nitrogens is 1. The average Bonchev–Trinajstić information content (AvgIpc) is 2.92. The van der Waals surface area contributed by atoms with Gasteiger partial charge in [0.15, 0.2) is 0 Å². The third kappa shape index (κ3) is 2.94. The van der Waals surface area contributed by atoms with Crippen LogP contribution in [-0.2, 0) is 0 Å². The summed E-state index contributed by atoms with van der Waals surface area (Å²) < 4.78 is 0. The van der Waals surface area contributed by atoms with E-state index in [1.54, 1.807) is 6.07 Å². The molecular weight excluding hydrogens is 250 g/mol. The summed E-state index contributed by atoms with van der Waals surface area (Å²) in [4.78, 5) is 18.9. The Balaban J connectivity index is 2.10. The van der Waals surface area contributed by atoms with Gasteiger partial charge in [-0.2, -0.15) is 0 Å². The largest absolute Gasteiger partial charge is 0.370 e. The zero-order valence-electron chi connectivity index (χ0n) is 12.8. The second-order valence-corrected chi connectivity index (χ2v) is 5.62. The third-order valence-electron chi connectivity index (χ3n) is 4.55. The van der Waals surface area contributed by atoms with Gasteiger partial charge in [-0.25, -0.2) is 4.98 Å². The molecule has 0 unspecified atom stereocenters. The zero-order chi connectivity index (χ0) is 14.6. The number of rotatable bonds is 5. The molecule has 1 aliphatic heterocycles. The lowest BCUT2D eigenvalue weighted by molar-refractivity contribution is 0.0764. The Morgan fingerprint density at radius 3 is 2.70 bits per heavy atom. The van der Waals surface area contributed by atoms with Crippen molar-refractivity contribution in [2.45, 2.75) is 40.0 Å². The van der Waals surface area contributed by atoms with Gasteiger partial charge in [0.25, 0.3) is 5.91 Å². The minimum absolute atomic E-state index is 0.0635.